The Labute approximate surface area is 114 Å². The fraction of sp³-hybridized carbons (Fsp3) is 0.455. The Kier molecular flexibility index (Phi) is 2.94. The van der Waals surface area contributed by atoms with E-state index in [0.29, 0.717) is 5.69 Å². The Balaban J connectivity index is 1.53. The van der Waals surface area contributed by atoms with Crippen LogP contribution < -0.4 is 10.2 Å². The lowest BCUT2D eigenvalue weighted by Gasteiger charge is -2.38. The number of amides is 1. The van der Waals surface area contributed by atoms with Crippen molar-refractivity contribution in [2.75, 3.05) is 18.0 Å². The van der Waals surface area contributed by atoms with Crippen LogP contribution in [-0.4, -0.2) is 45.0 Å². The van der Waals surface area contributed by atoms with E-state index in [4.69, 9.17) is 0 Å². The number of anilines is 1. The molecule has 8 heteroatoms. The summed E-state index contributed by atoms with van der Waals surface area (Å²) in [6, 6.07) is 1.86. The van der Waals surface area contributed by atoms with Gasteiger partial charge in [-0.15, -0.1) is 10.2 Å². The smallest absolute Gasteiger partial charge is 0.272 e. The quantitative estimate of drug-likeness (QED) is 0.868. The van der Waals surface area contributed by atoms with Crippen LogP contribution in [-0.2, 0) is 7.05 Å². The van der Waals surface area contributed by atoms with Crippen molar-refractivity contribution in [3.8, 4) is 0 Å². The van der Waals surface area contributed by atoms with Crippen molar-refractivity contribution in [2.45, 2.75) is 13.0 Å². The van der Waals surface area contributed by atoms with Crippen LogP contribution >= 0.6 is 11.3 Å². The van der Waals surface area contributed by atoms with Gasteiger partial charge in [-0.2, -0.15) is 5.10 Å². The lowest BCUT2D eigenvalue weighted by atomic mass is 10.1. The molecule has 1 aliphatic rings. The predicted molar refractivity (Wildman–Crippen MR) is 71.3 cm³/mol. The van der Waals surface area contributed by atoms with Gasteiger partial charge in [0.1, 0.15) is 10.7 Å². The zero-order chi connectivity index (χ0) is 13.4. The first-order valence-corrected chi connectivity index (χ1v) is 6.79. The van der Waals surface area contributed by atoms with Gasteiger partial charge in [0.15, 0.2) is 0 Å². The van der Waals surface area contributed by atoms with E-state index in [1.54, 1.807) is 35.3 Å². The van der Waals surface area contributed by atoms with E-state index < -0.39 is 0 Å². The summed E-state index contributed by atoms with van der Waals surface area (Å²) in [5.74, 6) is -0.126. The summed E-state index contributed by atoms with van der Waals surface area (Å²) in [5, 5.41) is 17.0. The maximum Gasteiger partial charge on any atom is 0.272 e. The molecular weight excluding hydrogens is 264 g/mol. The van der Waals surface area contributed by atoms with Gasteiger partial charge in [0, 0.05) is 26.3 Å². The number of carbonyl (C=O) groups excluding carboxylic acids is 1. The van der Waals surface area contributed by atoms with Crippen molar-refractivity contribution in [3.05, 3.63) is 23.0 Å². The lowest BCUT2D eigenvalue weighted by Crippen LogP contribution is -2.59. The molecule has 100 valence electrons. The second-order valence-corrected chi connectivity index (χ2v) is 5.71. The molecule has 1 fully saturated rings. The molecule has 19 heavy (non-hydrogen) atoms. The highest BCUT2D eigenvalue weighted by Crippen LogP contribution is 2.24. The fourth-order valence-corrected chi connectivity index (χ4v) is 2.64. The van der Waals surface area contributed by atoms with Gasteiger partial charge < -0.3 is 10.2 Å². The third-order valence-electron chi connectivity index (χ3n) is 2.95. The molecule has 1 amide bonds. The summed E-state index contributed by atoms with van der Waals surface area (Å²) in [6.07, 6.45) is 1.76. The molecule has 0 aliphatic carbocycles. The third-order valence-corrected chi connectivity index (χ3v) is 3.85. The summed E-state index contributed by atoms with van der Waals surface area (Å²) < 4.78 is 1.62. The van der Waals surface area contributed by atoms with Crippen LogP contribution in [0.15, 0.2) is 12.3 Å². The number of nitrogens with zero attached hydrogens (tertiary/aromatic N) is 5. The average molecular weight is 278 g/mol. The van der Waals surface area contributed by atoms with Gasteiger partial charge in [0.05, 0.1) is 6.04 Å². The molecule has 1 saturated heterocycles. The molecule has 1 aliphatic heterocycles. The van der Waals surface area contributed by atoms with Crippen molar-refractivity contribution in [1.82, 2.24) is 25.3 Å². The largest absolute Gasteiger partial charge is 0.344 e. The molecule has 2 aromatic heterocycles. The van der Waals surface area contributed by atoms with E-state index in [9.17, 15) is 4.79 Å². The Morgan fingerprint density at radius 1 is 1.47 bits per heavy atom. The average Bonchev–Trinajstić information content (AvgIpc) is 2.92. The Bertz CT molecular complexity index is 600. The minimum absolute atomic E-state index is 0.126. The highest BCUT2D eigenvalue weighted by atomic mass is 32.1. The van der Waals surface area contributed by atoms with Crippen LogP contribution in [0.25, 0.3) is 0 Å². The van der Waals surface area contributed by atoms with E-state index in [0.717, 1.165) is 23.2 Å². The maximum atomic E-state index is 11.9. The van der Waals surface area contributed by atoms with Gasteiger partial charge in [-0.1, -0.05) is 11.3 Å². The zero-order valence-corrected chi connectivity index (χ0v) is 11.5. The summed E-state index contributed by atoms with van der Waals surface area (Å²) in [7, 11) is 1.79. The first-order chi connectivity index (χ1) is 9.11. The Morgan fingerprint density at radius 2 is 2.26 bits per heavy atom. The van der Waals surface area contributed by atoms with Crippen LogP contribution in [0.1, 0.15) is 15.5 Å². The molecule has 0 unspecified atom stereocenters. The van der Waals surface area contributed by atoms with E-state index >= 15 is 0 Å². The molecule has 0 spiro atoms. The first-order valence-electron chi connectivity index (χ1n) is 5.97. The van der Waals surface area contributed by atoms with Gasteiger partial charge >= 0.3 is 0 Å². The fourth-order valence-electron chi connectivity index (χ4n) is 1.94. The minimum atomic E-state index is -0.126. The van der Waals surface area contributed by atoms with Crippen LogP contribution in [0.5, 0.6) is 0 Å². The molecule has 0 radical (unpaired) electrons. The van der Waals surface area contributed by atoms with Crippen LogP contribution in [0.2, 0.25) is 0 Å². The molecule has 1 N–H and O–H groups in total. The van der Waals surface area contributed by atoms with Crippen molar-refractivity contribution >= 4 is 22.4 Å². The SMILES string of the molecule is Cc1nnc(N2CC(NC(=O)c3ccn(C)n3)C2)s1. The van der Waals surface area contributed by atoms with E-state index in [1.165, 1.54) is 0 Å². The standard InChI is InChI=1S/C11H14N6OS/c1-7-13-14-11(19-7)17-5-8(6-17)12-10(18)9-3-4-16(2)15-9/h3-4,8H,5-6H2,1-2H3,(H,12,18). The Morgan fingerprint density at radius 3 is 2.84 bits per heavy atom. The first kappa shape index (κ1) is 12.1. The molecule has 0 saturated carbocycles. The second-order valence-electron chi connectivity index (χ2n) is 4.55. The highest BCUT2D eigenvalue weighted by molar-refractivity contribution is 7.15. The lowest BCUT2D eigenvalue weighted by molar-refractivity contribution is 0.0924. The summed E-state index contributed by atoms with van der Waals surface area (Å²) in [4.78, 5) is 14.0. The molecule has 0 bridgehead atoms. The summed E-state index contributed by atoms with van der Waals surface area (Å²) >= 11 is 1.57. The number of hydrogen-bond donors (Lipinski definition) is 1. The zero-order valence-electron chi connectivity index (χ0n) is 10.7. The molecule has 7 nitrogen and oxygen atoms in total. The number of carbonyl (C=O) groups is 1. The van der Waals surface area contributed by atoms with Crippen LogP contribution in [0.4, 0.5) is 5.13 Å². The van der Waals surface area contributed by atoms with Crippen molar-refractivity contribution in [3.63, 3.8) is 0 Å². The normalized spacial score (nSPS) is 15.4. The van der Waals surface area contributed by atoms with Gasteiger partial charge in [-0.05, 0) is 13.0 Å². The van der Waals surface area contributed by atoms with E-state index in [-0.39, 0.29) is 11.9 Å². The van der Waals surface area contributed by atoms with Gasteiger partial charge in [-0.25, -0.2) is 0 Å². The summed E-state index contributed by atoms with van der Waals surface area (Å²) in [5.41, 5.74) is 0.452. The highest BCUT2D eigenvalue weighted by Gasteiger charge is 2.30. The summed E-state index contributed by atoms with van der Waals surface area (Å²) in [6.45, 7) is 3.47. The van der Waals surface area contributed by atoms with Crippen molar-refractivity contribution in [1.29, 1.82) is 0 Å². The van der Waals surface area contributed by atoms with Crippen LogP contribution in [0, 0.1) is 6.92 Å². The number of nitrogens with one attached hydrogen (secondary N) is 1. The predicted octanol–water partition coefficient (Wildman–Crippen LogP) is 0.199. The monoisotopic (exact) mass is 278 g/mol. The van der Waals surface area contributed by atoms with Crippen LogP contribution in [0.3, 0.4) is 0 Å². The number of aromatic nitrogens is 4. The maximum absolute atomic E-state index is 11.9. The number of hydrogen-bond acceptors (Lipinski definition) is 6. The third kappa shape index (κ3) is 2.43. The van der Waals surface area contributed by atoms with Gasteiger partial charge in [-0.3, -0.25) is 9.48 Å². The molecule has 0 aromatic carbocycles. The van der Waals surface area contributed by atoms with E-state index in [1.807, 2.05) is 6.92 Å². The molecular formula is C11H14N6OS. The second kappa shape index (κ2) is 4.61. The molecule has 2 aromatic rings. The molecule has 3 heterocycles. The number of aryl methyl sites for hydroxylation is 2. The molecule has 3 rings (SSSR count). The van der Waals surface area contributed by atoms with Gasteiger partial charge in [0.2, 0.25) is 5.13 Å². The number of rotatable bonds is 3. The Hall–Kier alpha value is -1.96. The topological polar surface area (TPSA) is 75.9 Å². The molecule has 0 atom stereocenters. The van der Waals surface area contributed by atoms with Crippen molar-refractivity contribution < 1.29 is 4.79 Å². The van der Waals surface area contributed by atoms with Crippen molar-refractivity contribution in [2.24, 2.45) is 7.05 Å². The minimum Gasteiger partial charge on any atom is -0.344 e. The van der Waals surface area contributed by atoms with E-state index in [2.05, 4.69) is 25.5 Å². The van der Waals surface area contributed by atoms with Gasteiger partial charge in [0.25, 0.3) is 5.91 Å².